The summed E-state index contributed by atoms with van der Waals surface area (Å²) in [6, 6.07) is 8.58. The minimum Gasteiger partial charge on any atom is -0.491 e. The molecule has 1 amide bonds. The van der Waals surface area contributed by atoms with Crippen molar-refractivity contribution in [2.45, 2.75) is 32.9 Å². The molecule has 0 aliphatic heterocycles. The summed E-state index contributed by atoms with van der Waals surface area (Å²) in [5, 5.41) is 8.81. The molecule has 0 heterocycles. The van der Waals surface area contributed by atoms with Gasteiger partial charge in [-0.05, 0) is 39.0 Å². The molecule has 0 radical (unpaired) electrons. The SMILES string of the molecule is CC(C)Oc1cccc(C(=O)N(C)C(C)C#N)c1. The van der Waals surface area contributed by atoms with Gasteiger partial charge in [-0.2, -0.15) is 5.26 Å². The molecule has 1 aromatic rings. The molecule has 0 N–H and O–H groups in total. The number of nitriles is 1. The summed E-state index contributed by atoms with van der Waals surface area (Å²) in [6.45, 7) is 5.54. The Balaban J connectivity index is 2.90. The third-order valence-corrected chi connectivity index (χ3v) is 2.54. The molecular formula is C14H18N2O2. The normalized spacial score (nSPS) is 11.8. The summed E-state index contributed by atoms with van der Waals surface area (Å²) in [4.78, 5) is 13.5. The van der Waals surface area contributed by atoms with Crippen LogP contribution in [-0.4, -0.2) is 30.0 Å². The van der Waals surface area contributed by atoms with Crippen molar-refractivity contribution in [3.05, 3.63) is 29.8 Å². The van der Waals surface area contributed by atoms with Crippen molar-refractivity contribution in [1.82, 2.24) is 4.90 Å². The Labute approximate surface area is 108 Å². The Morgan fingerprint density at radius 3 is 2.61 bits per heavy atom. The van der Waals surface area contributed by atoms with E-state index in [9.17, 15) is 4.79 Å². The topological polar surface area (TPSA) is 53.3 Å². The van der Waals surface area contributed by atoms with E-state index in [4.69, 9.17) is 10.00 Å². The van der Waals surface area contributed by atoms with Crippen LogP contribution in [0.3, 0.4) is 0 Å². The minimum atomic E-state index is -0.452. The maximum Gasteiger partial charge on any atom is 0.254 e. The molecule has 0 saturated heterocycles. The van der Waals surface area contributed by atoms with Gasteiger partial charge in [0.15, 0.2) is 0 Å². The molecule has 18 heavy (non-hydrogen) atoms. The van der Waals surface area contributed by atoms with E-state index in [1.54, 1.807) is 32.2 Å². The lowest BCUT2D eigenvalue weighted by Gasteiger charge is -2.19. The van der Waals surface area contributed by atoms with E-state index in [1.807, 2.05) is 26.0 Å². The number of hydrogen-bond acceptors (Lipinski definition) is 3. The molecule has 0 spiro atoms. The molecule has 1 rings (SSSR count). The third kappa shape index (κ3) is 3.49. The zero-order valence-electron chi connectivity index (χ0n) is 11.2. The Kier molecular flexibility index (Phi) is 4.73. The standard InChI is InChI=1S/C14H18N2O2/c1-10(2)18-13-7-5-6-12(8-13)14(17)16(4)11(3)9-15/h5-8,10-11H,1-4H3. The van der Waals surface area contributed by atoms with Crippen LogP contribution >= 0.6 is 0 Å². The number of rotatable bonds is 4. The molecule has 0 aliphatic carbocycles. The van der Waals surface area contributed by atoms with Crippen molar-refractivity contribution < 1.29 is 9.53 Å². The quantitative estimate of drug-likeness (QED) is 0.820. The molecule has 0 aliphatic rings. The van der Waals surface area contributed by atoms with Crippen LogP contribution in [0.1, 0.15) is 31.1 Å². The van der Waals surface area contributed by atoms with Crippen LogP contribution in [0.25, 0.3) is 0 Å². The first-order chi connectivity index (χ1) is 8.45. The van der Waals surface area contributed by atoms with Crippen LogP contribution in [0, 0.1) is 11.3 Å². The van der Waals surface area contributed by atoms with Crippen LogP contribution in [0.15, 0.2) is 24.3 Å². The molecule has 0 fully saturated rings. The lowest BCUT2D eigenvalue weighted by Crippen LogP contribution is -2.34. The molecule has 4 heteroatoms. The van der Waals surface area contributed by atoms with Crippen molar-refractivity contribution in [3.63, 3.8) is 0 Å². The summed E-state index contributed by atoms with van der Waals surface area (Å²) in [5.74, 6) is 0.479. The van der Waals surface area contributed by atoms with Crippen molar-refractivity contribution in [1.29, 1.82) is 5.26 Å². The largest absolute Gasteiger partial charge is 0.491 e. The fraction of sp³-hybridized carbons (Fsp3) is 0.429. The monoisotopic (exact) mass is 246 g/mol. The number of carbonyl (C=O) groups is 1. The molecule has 1 atom stereocenters. The molecule has 0 bridgehead atoms. The highest BCUT2D eigenvalue weighted by molar-refractivity contribution is 5.94. The number of carbonyl (C=O) groups excluding carboxylic acids is 1. The highest BCUT2D eigenvalue weighted by Crippen LogP contribution is 2.16. The van der Waals surface area contributed by atoms with Gasteiger partial charge in [-0.3, -0.25) is 4.79 Å². The van der Waals surface area contributed by atoms with E-state index in [0.717, 1.165) is 0 Å². The zero-order chi connectivity index (χ0) is 13.7. The third-order valence-electron chi connectivity index (χ3n) is 2.54. The number of nitrogens with zero attached hydrogens (tertiary/aromatic N) is 2. The first-order valence-corrected chi connectivity index (χ1v) is 5.89. The fourth-order valence-electron chi connectivity index (χ4n) is 1.44. The van der Waals surface area contributed by atoms with Crippen molar-refractivity contribution in [2.24, 2.45) is 0 Å². The molecule has 1 unspecified atom stereocenters. The van der Waals surface area contributed by atoms with Gasteiger partial charge < -0.3 is 9.64 Å². The van der Waals surface area contributed by atoms with E-state index in [0.29, 0.717) is 11.3 Å². The Bertz CT molecular complexity index is 463. The van der Waals surface area contributed by atoms with Gasteiger partial charge in [-0.15, -0.1) is 0 Å². The number of benzene rings is 1. The van der Waals surface area contributed by atoms with Crippen molar-refractivity contribution >= 4 is 5.91 Å². The van der Waals surface area contributed by atoms with Crippen LogP contribution in [0.4, 0.5) is 0 Å². The first kappa shape index (κ1) is 14.0. The molecule has 0 aromatic heterocycles. The summed E-state index contributed by atoms with van der Waals surface area (Å²) in [7, 11) is 1.62. The Hall–Kier alpha value is -2.02. The number of hydrogen-bond donors (Lipinski definition) is 0. The predicted molar refractivity (Wildman–Crippen MR) is 69.4 cm³/mol. The van der Waals surface area contributed by atoms with Gasteiger partial charge in [0.1, 0.15) is 11.8 Å². The lowest BCUT2D eigenvalue weighted by atomic mass is 10.1. The smallest absolute Gasteiger partial charge is 0.254 e. The summed E-state index contributed by atoms with van der Waals surface area (Å²) in [5.41, 5.74) is 0.526. The second kappa shape index (κ2) is 6.06. The first-order valence-electron chi connectivity index (χ1n) is 5.89. The molecule has 0 saturated carbocycles. The fourth-order valence-corrected chi connectivity index (χ4v) is 1.44. The van der Waals surface area contributed by atoms with Crippen molar-refractivity contribution in [3.8, 4) is 11.8 Å². The molecule has 1 aromatic carbocycles. The van der Waals surface area contributed by atoms with E-state index in [1.165, 1.54) is 4.90 Å². The lowest BCUT2D eigenvalue weighted by molar-refractivity contribution is 0.0772. The maximum absolute atomic E-state index is 12.1. The number of amides is 1. The van der Waals surface area contributed by atoms with Gasteiger partial charge in [-0.25, -0.2) is 0 Å². The number of ether oxygens (including phenoxy) is 1. The van der Waals surface area contributed by atoms with Gasteiger partial charge in [-0.1, -0.05) is 6.07 Å². The molecule has 96 valence electrons. The highest BCUT2D eigenvalue weighted by Gasteiger charge is 2.17. The van der Waals surface area contributed by atoms with E-state index < -0.39 is 6.04 Å². The average Bonchev–Trinajstić information content (AvgIpc) is 2.35. The van der Waals surface area contributed by atoms with Crippen LogP contribution in [0.2, 0.25) is 0 Å². The molecule has 4 nitrogen and oxygen atoms in total. The average molecular weight is 246 g/mol. The van der Waals surface area contributed by atoms with E-state index >= 15 is 0 Å². The van der Waals surface area contributed by atoms with Crippen molar-refractivity contribution in [2.75, 3.05) is 7.05 Å². The summed E-state index contributed by atoms with van der Waals surface area (Å²) in [6.07, 6.45) is 0.0612. The van der Waals surface area contributed by atoms with Crippen LogP contribution < -0.4 is 4.74 Å². The van der Waals surface area contributed by atoms with Gasteiger partial charge in [0.05, 0.1) is 12.2 Å². The minimum absolute atomic E-state index is 0.0612. The predicted octanol–water partition coefficient (Wildman–Crippen LogP) is 2.46. The van der Waals surface area contributed by atoms with Gasteiger partial charge >= 0.3 is 0 Å². The van der Waals surface area contributed by atoms with E-state index in [-0.39, 0.29) is 12.0 Å². The van der Waals surface area contributed by atoms with Gasteiger partial charge in [0.25, 0.3) is 5.91 Å². The Morgan fingerprint density at radius 2 is 2.06 bits per heavy atom. The second-order valence-corrected chi connectivity index (χ2v) is 4.42. The van der Waals surface area contributed by atoms with Crippen LogP contribution in [0.5, 0.6) is 5.75 Å². The zero-order valence-corrected chi connectivity index (χ0v) is 11.2. The summed E-state index contributed by atoms with van der Waals surface area (Å²) >= 11 is 0. The van der Waals surface area contributed by atoms with E-state index in [2.05, 4.69) is 0 Å². The maximum atomic E-state index is 12.1. The summed E-state index contributed by atoms with van der Waals surface area (Å²) < 4.78 is 5.54. The highest BCUT2D eigenvalue weighted by atomic mass is 16.5. The van der Waals surface area contributed by atoms with Gasteiger partial charge in [0.2, 0.25) is 0 Å². The van der Waals surface area contributed by atoms with Crippen LogP contribution in [-0.2, 0) is 0 Å². The molecular weight excluding hydrogens is 228 g/mol. The van der Waals surface area contributed by atoms with Gasteiger partial charge in [0, 0.05) is 12.6 Å². The Morgan fingerprint density at radius 1 is 1.39 bits per heavy atom. The second-order valence-electron chi connectivity index (χ2n) is 4.42.